The van der Waals surface area contributed by atoms with Crippen molar-refractivity contribution in [3.63, 3.8) is 0 Å². The molecule has 0 amide bonds. The van der Waals surface area contributed by atoms with Crippen LogP contribution in [0.15, 0.2) is 48.5 Å². The normalized spacial score (nSPS) is 39.2. The zero-order chi connectivity index (χ0) is 27.3. The van der Waals surface area contributed by atoms with Crippen LogP contribution in [0, 0.1) is 52.3 Å². The maximum Gasteiger partial charge on any atom is -0.0256 e. The molecule has 0 radical (unpaired) electrons. The largest absolute Gasteiger partial charge is 0.138 e. The van der Waals surface area contributed by atoms with E-state index >= 15 is 0 Å². The van der Waals surface area contributed by atoms with Crippen molar-refractivity contribution >= 4 is 28.5 Å². The quantitative estimate of drug-likeness (QED) is 0.178. The van der Waals surface area contributed by atoms with Crippen LogP contribution in [-0.2, 0) is 17.0 Å². The molecule has 10 rings (SSSR count). The Morgan fingerprint density at radius 2 is 1.12 bits per heavy atom. The molecule has 8 saturated carbocycles. The summed E-state index contributed by atoms with van der Waals surface area (Å²) in [6, 6.07) is 16.0. The van der Waals surface area contributed by atoms with Gasteiger partial charge in [0.15, 0.2) is 0 Å². The molecule has 0 heterocycles. The smallest absolute Gasteiger partial charge is 0.0256 e. The average Bonchev–Trinajstić information content (AvgIpc) is 2.92. The van der Waals surface area contributed by atoms with E-state index in [1.807, 2.05) is 42.5 Å². The Hall–Kier alpha value is -0.378. The van der Waals surface area contributed by atoms with E-state index in [2.05, 4.69) is 15.3 Å². The van der Waals surface area contributed by atoms with Gasteiger partial charge in [-0.05, 0) is 148 Å². The Morgan fingerprint density at radius 1 is 0.700 bits per heavy atom. The van der Waals surface area contributed by atoms with Gasteiger partial charge in [-0.15, -0.1) is 9.24 Å². The first-order valence-electron chi connectivity index (χ1n) is 16.3. The van der Waals surface area contributed by atoms with Gasteiger partial charge in [-0.2, -0.15) is 0 Å². The minimum absolute atomic E-state index is 0.0778. The third kappa shape index (κ3) is 5.29. The molecule has 40 heavy (non-hydrogen) atoms. The van der Waals surface area contributed by atoms with Crippen molar-refractivity contribution in [2.75, 3.05) is 11.9 Å². The van der Waals surface area contributed by atoms with Crippen LogP contribution in [0.4, 0.5) is 5.69 Å². The van der Waals surface area contributed by atoms with Gasteiger partial charge in [0.25, 0.3) is 0 Å². The molecule has 2 aromatic carbocycles. The molecule has 1 atom stereocenters. The second kappa shape index (κ2) is 11.6. The molecule has 0 aromatic heterocycles. The number of rotatable bonds is 7. The Morgan fingerprint density at radius 3 is 1.55 bits per heavy atom. The minimum atomic E-state index is 0.0778. The van der Waals surface area contributed by atoms with Crippen LogP contribution in [0.25, 0.3) is 11.1 Å². The van der Waals surface area contributed by atoms with Crippen molar-refractivity contribution in [1.29, 1.82) is 0 Å². The molecule has 0 aliphatic heterocycles. The van der Waals surface area contributed by atoms with Gasteiger partial charge in [0, 0.05) is 0 Å². The second-order valence-electron chi connectivity index (χ2n) is 15.1. The van der Waals surface area contributed by atoms with Gasteiger partial charge in [-0.3, -0.25) is 0 Å². The third-order valence-electron chi connectivity index (χ3n) is 12.5. The van der Waals surface area contributed by atoms with Gasteiger partial charge < -0.3 is 0 Å². The van der Waals surface area contributed by atoms with E-state index in [0.717, 1.165) is 73.1 Å². The van der Waals surface area contributed by atoms with Gasteiger partial charge in [0.2, 0.25) is 0 Å². The van der Waals surface area contributed by atoms with Crippen molar-refractivity contribution in [3.8, 4) is 11.1 Å². The Bertz CT molecular complexity index is 1080. The molecule has 0 saturated heterocycles. The van der Waals surface area contributed by atoms with Crippen molar-refractivity contribution in [2.24, 2.45) is 52.3 Å². The number of hydrogen-bond donors (Lipinski definition) is 1. The van der Waals surface area contributed by atoms with Crippen LogP contribution in [0.5, 0.6) is 0 Å². The molecule has 2 N–H and O–H groups in total. The van der Waals surface area contributed by atoms with E-state index < -0.39 is 0 Å². The molecule has 8 bridgehead atoms. The summed E-state index contributed by atoms with van der Waals surface area (Å²) in [7, 11) is 8.99. The van der Waals surface area contributed by atoms with Crippen LogP contribution < -0.4 is 9.77 Å². The number of anilines is 1. The van der Waals surface area contributed by atoms with Crippen LogP contribution in [-0.4, -0.2) is 6.16 Å². The van der Waals surface area contributed by atoms with Crippen molar-refractivity contribution in [2.45, 2.75) is 89.9 Å². The van der Waals surface area contributed by atoms with Crippen LogP contribution in [0.2, 0.25) is 0 Å². The standard InChI is InChI=1S/C24H39P.C12H10N.ClH.Pd/c25-3-1-2-22(23-10-16-4-17(11-23)6-18(5-16)12-23)24-13-19-7-20(14-24)9-21(8-19)15-24;13-12-9-5-4-8-11(12)10-6-2-1-3-7-10;;/h16-22H,1-15,25H2;1-6,8-9H,13H2;1H;/q;;;+1/p-1. The second-order valence-corrected chi connectivity index (χ2v) is 17.6. The maximum absolute atomic E-state index is 5.94. The summed E-state index contributed by atoms with van der Waals surface area (Å²) >= 11 is 0.0778. The van der Waals surface area contributed by atoms with E-state index in [9.17, 15) is 0 Å². The number of halogens is 1. The van der Waals surface area contributed by atoms with Crippen LogP contribution >= 0.6 is 18.8 Å². The molecule has 0 spiro atoms. The van der Waals surface area contributed by atoms with E-state index in [4.69, 9.17) is 15.3 Å². The van der Waals surface area contributed by atoms with E-state index in [0.29, 0.717) is 0 Å². The topological polar surface area (TPSA) is 26.0 Å². The molecule has 1 unspecified atom stereocenters. The third-order valence-corrected chi connectivity index (χ3v) is 14.7. The van der Waals surface area contributed by atoms with E-state index in [1.165, 1.54) is 12.6 Å². The summed E-state index contributed by atoms with van der Waals surface area (Å²) in [5, 5.41) is 0. The first-order chi connectivity index (χ1) is 19.5. The summed E-state index contributed by atoms with van der Waals surface area (Å²) in [6.45, 7) is 0. The Balaban J connectivity index is 0.000000152. The van der Waals surface area contributed by atoms with Crippen molar-refractivity contribution in [1.82, 2.24) is 0 Å². The fourth-order valence-corrected chi connectivity index (χ4v) is 13.8. The van der Waals surface area contributed by atoms with Gasteiger partial charge in [-0.25, -0.2) is 0 Å². The fourth-order valence-electron chi connectivity index (χ4n) is 12.2. The number of nitrogen functional groups attached to an aromatic ring is 1. The van der Waals surface area contributed by atoms with Gasteiger partial charge in [0.1, 0.15) is 0 Å². The first kappa shape index (κ1) is 28.4. The minimum Gasteiger partial charge on any atom is -0.138 e. The SMILES string of the molecule is Nc1ccccc1-c1cccc[c]1[Pd][Cl].PCCCC(C12CC3CC(CC(C3)C1)C2)C12CC3CC(CC(C3)C1)C2. The van der Waals surface area contributed by atoms with Crippen LogP contribution in [0.1, 0.15) is 89.9 Å². The molecule has 1 nitrogen and oxygen atoms in total. The first-order valence-corrected chi connectivity index (χ1v) is 19.9. The molecule has 8 fully saturated rings. The number of para-hydroxylation sites is 1. The zero-order valence-electron chi connectivity index (χ0n) is 24.1. The average molecular weight is 669 g/mol. The van der Waals surface area contributed by atoms with Crippen molar-refractivity contribution < 1.29 is 17.0 Å². The molecule has 8 aliphatic carbocycles. The summed E-state index contributed by atoms with van der Waals surface area (Å²) in [4.78, 5) is 0. The van der Waals surface area contributed by atoms with Gasteiger partial charge in [-0.1, -0.05) is 0 Å². The molecular formula is C36H49ClNPPd. The monoisotopic (exact) mass is 667 g/mol. The molecular weight excluding hydrogens is 619 g/mol. The number of nitrogens with two attached hydrogens (primary N) is 1. The van der Waals surface area contributed by atoms with Crippen molar-refractivity contribution in [3.05, 3.63) is 48.5 Å². The fraction of sp³-hybridized carbons (Fsp3) is 0.667. The summed E-state index contributed by atoms with van der Waals surface area (Å²) in [5.41, 5.74) is 10.5. The number of hydrogen-bond acceptors (Lipinski definition) is 1. The Kier molecular flexibility index (Phi) is 8.24. The molecule has 2 aromatic rings. The van der Waals surface area contributed by atoms with Crippen LogP contribution in [0.3, 0.4) is 0 Å². The van der Waals surface area contributed by atoms with E-state index in [-0.39, 0.29) is 17.0 Å². The maximum atomic E-state index is 5.94. The summed E-state index contributed by atoms with van der Waals surface area (Å²) in [5.74, 6) is 7.94. The van der Waals surface area contributed by atoms with Gasteiger partial charge >= 0.3 is 102 Å². The molecule has 8 aliphatic rings. The predicted octanol–water partition coefficient (Wildman–Crippen LogP) is 9.49. The predicted molar refractivity (Wildman–Crippen MR) is 170 cm³/mol. The number of benzene rings is 2. The zero-order valence-corrected chi connectivity index (χ0v) is 27.6. The van der Waals surface area contributed by atoms with E-state index in [1.54, 1.807) is 83.5 Å². The summed E-state index contributed by atoms with van der Waals surface area (Å²) in [6.07, 6.45) is 24.1. The molecule has 220 valence electrons. The summed E-state index contributed by atoms with van der Waals surface area (Å²) < 4.78 is 1.16. The Labute approximate surface area is 257 Å². The molecule has 4 heteroatoms. The van der Waals surface area contributed by atoms with Gasteiger partial charge in [0.05, 0.1) is 0 Å².